The fourth-order valence-corrected chi connectivity index (χ4v) is 2.00. The maximum absolute atomic E-state index is 8.67. The number of rotatable bonds is 2. The molecule has 0 aliphatic carbocycles. The molecule has 1 aromatic rings. The van der Waals surface area contributed by atoms with Crippen molar-refractivity contribution < 1.29 is 4.74 Å². The van der Waals surface area contributed by atoms with E-state index in [-0.39, 0.29) is 0 Å². The molecule has 0 aromatic carbocycles. The summed E-state index contributed by atoms with van der Waals surface area (Å²) in [6.07, 6.45) is 4.33. The molecular weight excluding hydrogens is 202 g/mol. The Morgan fingerprint density at radius 1 is 1.56 bits per heavy atom. The smallest absolute Gasteiger partial charge is 0.140 e. The van der Waals surface area contributed by atoms with Gasteiger partial charge in [0.2, 0.25) is 0 Å². The van der Waals surface area contributed by atoms with Gasteiger partial charge in [-0.2, -0.15) is 5.26 Å². The number of ether oxygens (including phenoxy) is 1. The van der Waals surface area contributed by atoms with Gasteiger partial charge in [-0.3, -0.25) is 0 Å². The van der Waals surface area contributed by atoms with Crippen molar-refractivity contribution in [2.45, 2.75) is 18.9 Å². The van der Waals surface area contributed by atoms with Crippen molar-refractivity contribution in [1.82, 2.24) is 4.98 Å². The van der Waals surface area contributed by atoms with Crippen molar-refractivity contribution in [3.63, 3.8) is 0 Å². The van der Waals surface area contributed by atoms with E-state index in [1.807, 2.05) is 12.1 Å². The van der Waals surface area contributed by atoms with Crippen molar-refractivity contribution in [2.75, 3.05) is 25.1 Å². The number of methoxy groups -OCH3 is 1. The Bertz CT molecular complexity index is 382. The van der Waals surface area contributed by atoms with Gasteiger partial charge in [0.05, 0.1) is 18.0 Å². The molecule has 0 radical (unpaired) electrons. The van der Waals surface area contributed by atoms with E-state index in [0.717, 1.165) is 31.6 Å². The first kappa shape index (κ1) is 10.9. The number of hydrogen-bond acceptors (Lipinski definition) is 4. The Labute approximate surface area is 95.5 Å². The summed E-state index contributed by atoms with van der Waals surface area (Å²) in [5.74, 6) is 0. The van der Waals surface area contributed by atoms with Crippen LogP contribution < -0.4 is 4.90 Å². The second-order valence-electron chi connectivity index (χ2n) is 3.96. The molecule has 1 aliphatic rings. The molecule has 1 atom stereocenters. The zero-order valence-electron chi connectivity index (χ0n) is 9.39. The van der Waals surface area contributed by atoms with E-state index in [4.69, 9.17) is 10.00 Å². The summed E-state index contributed by atoms with van der Waals surface area (Å²) in [5.41, 5.74) is 1.53. The Morgan fingerprint density at radius 2 is 2.44 bits per heavy atom. The lowest BCUT2D eigenvalue weighted by Gasteiger charge is -2.33. The summed E-state index contributed by atoms with van der Waals surface area (Å²) < 4.78 is 5.37. The molecule has 2 rings (SSSR count). The molecule has 0 amide bonds. The van der Waals surface area contributed by atoms with Crippen LogP contribution in [0.15, 0.2) is 18.3 Å². The van der Waals surface area contributed by atoms with Crippen LogP contribution in [0.4, 0.5) is 5.69 Å². The molecule has 1 aromatic heterocycles. The van der Waals surface area contributed by atoms with Crippen LogP contribution in [0.25, 0.3) is 0 Å². The predicted molar refractivity (Wildman–Crippen MR) is 61.2 cm³/mol. The van der Waals surface area contributed by atoms with Crippen molar-refractivity contribution >= 4 is 5.69 Å². The minimum absolute atomic E-state index is 0.310. The number of aromatic nitrogens is 1. The summed E-state index contributed by atoms with van der Waals surface area (Å²) in [4.78, 5) is 6.34. The lowest BCUT2D eigenvalue weighted by atomic mass is 10.1. The summed E-state index contributed by atoms with van der Waals surface area (Å²) in [7, 11) is 1.76. The highest BCUT2D eigenvalue weighted by Crippen LogP contribution is 2.20. The SMILES string of the molecule is COC1CCCN(c2ccc(C#N)nc2)C1. The highest BCUT2D eigenvalue weighted by molar-refractivity contribution is 5.46. The van der Waals surface area contributed by atoms with Crippen LogP contribution in [0, 0.1) is 11.3 Å². The Balaban J connectivity index is 2.08. The van der Waals surface area contributed by atoms with Gasteiger partial charge in [-0.15, -0.1) is 0 Å². The Kier molecular flexibility index (Phi) is 3.37. The summed E-state index contributed by atoms with van der Waals surface area (Å²) in [6, 6.07) is 5.73. The first-order valence-corrected chi connectivity index (χ1v) is 5.47. The molecule has 4 nitrogen and oxygen atoms in total. The fourth-order valence-electron chi connectivity index (χ4n) is 2.00. The van der Waals surface area contributed by atoms with E-state index in [1.165, 1.54) is 0 Å². The van der Waals surface area contributed by atoms with Crippen LogP contribution in [-0.2, 0) is 4.74 Å². The van der Waals surface area contributed by atoms with E-state index in [9.17, 15) is 0 Å². The van der Waals surface area contributed by atoms with Gasteiger partial charge in [0.25, 0.3) is 0 Å². The molecular formula is C12H15N3O. The fraction of sp³-hybridized carbons (Fsp3) is 0.500. The van der Waals surface area contributed by atoms with Crippen molar-refractivity contribution in [3.05, 3.63) is 24.0 Å². The maximum Gasteiger partial charge on any atom is 0.140 e. The van der Waals surface area contributed by atoms with Crippen LogP contribution >= 0.6 is 0 Å². The number of nitrogens with zero attached hydrogens (tertiary/aromatic N) is 3. The standard InChI is InChI=1S/C12H15N3O/c1-16-12-3-2-6-15(9-12)11-5-4-10(7-13)14-8-11/h4-5,8,12H,2-3,6,9H2,1H3. The summed E-state index contributed by atoms with van der Waals surface area (Å²) >= 11 is 0. The van der Waals surface area contributed by atoms with Gasteiger partial charge in [-0.1, -0.05) is 0 Å². The molecule has 16 heavy (non-hydrogen) atoms. The summed E-state index contributed by atoms with van der Waals surface area (Å²) in [5, 5.41) is 8.67. The molecule has 0 bridgehead atoms. The Hall–Kier alpha value is -1.60. The minimum Gasteiger partial charge on any atom is -0.380 e. The lowest BCUT2D eigenvalue weighted by Crippen LogP contribution is -2.39. The van der Waals surface area contributed by atoms with Crippen LogP contribution in [0.5, 0.6) is 0 Å². The van der Waals surface area contributed by atoms with E-state index < -0.39 is 0 Å². The number of pyridine rings is 1. The van der Waals surface area contributed by atoms with Crippen molar-refractivity contribution in [1.29, 1.82) is 5.26 Å². The van der Waals surface area contributed by atoms with Gasteiger partial charge in [0.1, 0.15) is 11.8 Å². The van der Waals surface area contributed by atoms with Gasteiger partial charge >= 0.3 is 0 Å². The number of piperidine rings is 1. The average Bonchev–Trinajstić information content (AvgIpc) is 2.39. The molecule has 84 valence electrons. The third-order valence-electron chi connectivity index (χ3n) is 2.94. The van der Waals surface area contributed by atoms with Gasteiger partial charge in [0.15, 0.2) is 0 Å². The molecule has 2 heterocycles. The quantitative estimate of drug-likeness (QED) is 0.754. The third-order valence-corrected chi connectivity index (χ3v) is 2.94. The van der Waals surface area contributed by atoms with Gasteiger partial charge in [0, 0.05) is 20.2 Å². The molecule has 0 N–H and O–H groups in total. The highest BCUT2D eigenvalue weighted by Gasteiger charge is 2.19. The van der Waals surface area contributed by atoms with E-state index >= 15 is 0 Å². The lowest BCUT2D eigenvalue weighted by molar-refractivity contribution is 0.0893. The van der Waals surface area contributed by atoms with Crippen LogP contribution in [0.3, 0.4) is 0 Å². The summed E-state index contributed by atoms with van der Waals surface area (Å²) in [6.45, 7) is 1.94. The maximum atomic E-state index is 8.67. The van der Waals surface area contributed by atoms with Gasteiger partial charge in [-0.25, -0.2) is 4.98 Å². The molecule has 1 unspecified atom stereocenters. The molecule has 1 fully saturated rings. The predicted octanol–water partition coefficient (Wildman–Crippen LogP) is 1.57. The van der Waals surface area contributed by atoms with E-state index in [2.05, 4.69) is 9.88 Å². The largest absolute Gasteiger partial charge is 0.380 e. The minimum atomic E-state index is 0.310. The normalized spacial score (nSPS) is 20.5. The monoisotopic (exact) mass is 217 g/mol. The van der Waals surface area contributed by atoms with Crippen LogP contribution in [-0.4, -0.2) is 31.3 Å². The zero-order chi connectivity index (χ0) is 11.4. The average molecular weight is 217 g/mol. The first-order valence-electron chi connectivity index (χ1n) is 5.47. The number of anilines is 1. The second-order valence-corrected chi connectivity index (χ2v) is 3.96. The molecule has 0 saturated carbocycles. The molecule has 4 heteroatoms. The first-order chi connectivity index (χ1) is 7.83. The van der Waals surface area contributed by atoms with Gasteiger partial charge < -0.3 is 9.64 Å². The van der Waals surface area contributed by atoms with Crippen LogP contribution in [0.1, 0.15) is 18.5 Å². The zero-order valence-corrected chi connectivity index (χ0v) is 9.39. The number of nitriles is 1. The number of hydrogen-bond donors (Lipinski definition) is 0. The Morgan fingerprint density at radius 3 is 3.06 bits per heavy atom. The molecule has 1 aliphatic heterocycles. The van der Waals surface area contributed by atoms with Crippen LogP contribution in [0.2, 0.25) is 0 Å². The molecule has 0 spiro atoms. The second kappa shape index (κ2) is 4.95. The van der Waals surface area contributed by atoms with Gasteiger partial charge in [-0.05, 0) is 25.0 Å². The van der Waals surface area contributed by atoms with E-state index in [0.29, 0.717) is 11.8 Å². The van der Waals surface area contributed by atoms with Crippen molar-refractivity contribution in [3.8, 4) is 6.07 Å². The third kappa shape index (κ3) is 2.31. The molecule has 1 saturated heterocycles. The topological polar surface area (TPSA) is 49.1 Å². The van der Waals surface area contributed by atoms with E-state index in [1.54, 1.807) is 19.4 Å². The highest BCUT2D eigenvalue weighted by atomic mass is 16.5. The van der Waals surface area contributed by atoms with Crippen molar-refractivity contribution in [2.24, 2.45) is 0 Å².